The van der Waals surface area contributed by atoms with Crippen LogP contribution in [-0.4, -0.2) is 37.9 Å². The summed E-state index contributed by atoms with van der Waals surface area (Å²) in [6.07, 6.45) is 4.75. The second-order valence-electron chi connectivity index (χ2n) is 5.56. The van der Waals surface area contributed by atoms with Crippen molar-refractivity contribution in [1.82, 2.24) is 0 Å². The van der Waals surface area contributed by atoms with Gasteiger partial charge in [0.15, 0.2) is 5.41 Å². The zero-order valence-corrected chi connectivity index (χ0v) is 13.4. The number of carbonyl (C=O) groups is 2. The molecule has 0 bridgehead atoms. The summed E-state index contributed by atoms with van der Waals surface area (Å²) in [7, 11) is 0. The van der Waals surface area contributed by atoms with E-state index in [0.29, 0.717) is 5.56 Å². The topological polar surface area (TPSA) is 61.8 Å². The molecular formula is C18H19FO5. The highest BCUT2D eigenvalue weighted by molar-refractivity contribution is 6.01. The monoisotopic (exact) mass is 334 g/mol. The first-order valence-corrected chi connectivity index (χ1v) is 7.66. The van der Waals surface area contributed by atoms with Crippen molar-refractivity contribution in [2.24, 2.45) is 5.41 Å². The lowest BCUT2D eigenvalue weighted by molar-refractivity contribution is -0.165. The van der Waals surface area contributed by atoms with Crippen LogP contribution in [0.25, 0.3) is 0 Å². The second-order valence-corrected chi connectivity index (χ2v) is 5.56. The minimum atomic E-state index is -1.45. The fraction of sp³-hybridized carbons (Fsp3) is 0.444. The van der Waals surface area contributed by atoms with E-state index < -0.39 is 29.3 Å². The molecule has 2 rings (SSSR count). The smallest absolute Gasteiger partial charge is 0.324 e. The molecule has 1 fully saturated rings. The summed E-state index contributed by atoms with van der Waals surface area (Å²) in [5, 5.41) is 0. The van der Waals surface area contributed by atoms with Crippen LogP contribution in [0.15, 0.2) is 24.3 Å². The standard InChI is InChI=1S/C18H19FO5/c1-3-9-22-12-15-11-18(17(21)24-15,16(20)23-4-2)10-13-5-7-14(19)8-6-13/h1,5-8,15H,4,9-12H2,2H3. The molecule has 5 nitrogen and oxygen atoms in total. The zero-order chi connectivity index (χ0) is 17.6. The van der Waals surface area contributed by atoms with Crippen molar-refractivity contribution in [3.63, 3.8) is 0 Å². The normalized spacial score (nSPS) is 22.7. The number of hydrogen-bond donors (Lipinski definition) is 0. The summed E-state index contributed by atoms with van der Waals surface area (Å²) in [6.45, 7) is 2.02. The highest BCUT2D eigenvalue weighted by Gasteiger charge is 2.56. The van der Waals surface area contributed by atoms with Gasteiger partial charge in [-0.05, 0) is 31.0 Å². The van der Waals surface area contributed by atoms with E-state index in [0.717, 1.165) is 0 Å². The molecule has 1 saturated heterocycles. The van der Waals surface area contributed by atoms with Gasteiger partial charge < -0.3 is 14.2 Å². The van der Waals surface area contributed by atoms with E-state index >= 15 is 0 Å². The Morgan fingerprint density at radius 3 is 2.79 bits per heavy atom. The SMILES string of the molecule is C#CCOCC1CC(Cc2ccc(F)cc2)(C(=O)OCC)C(=O)O1. The van der Waals surface area contributed by atoms with Crippen LogP contribution < -0.4 is 0 Å². The summed E-state index contributed by atoms with van der Waals surface area (Å²) in [5.41, 5.74) is -0.801. The molecule has 0 aliphatic carbocycles. The maximum Gasteiger partial charge on any atom is 0.324 e. The van der Waals surface area contributed by atoms with Crippen LogP contribution >= 0.6 is 0 Å². The van der Waals surface area contributed by atoms with Crippen LogP contribution in [0, 0.1) is 23.6 Å². The average molecular weight is 334 g/mol. The first kappa shape index (κ1) is 18.0. The maximum atomic E-state index is 13.1. The van der Waals surface area contributed by atoms with E-state index in [2.05, 4.69) is 5.92 Å². The predicted molar refractivity (Wildman–Crippen MR) is 83.3 cm³/mol. The van der Waals surface area contributed by atoms with Gasteiger partial charge in [-0.2, -0.15) is 0 Å². The third-order valence-corrected chi connectivity index (χ3v) is 3.82. The summed E-state index contributed by atoms with van der Waals surface area (Å²) in [4.78, 5) is 24.9. The molecule has 1 heterocycles. The van der Waals surface area contributed by atoms with Crippen molar-refractivity contribution in [1.29, 1.82) is 0 Å². The molecule has 1 aliphatic rings. The highest BCUT2D eigenvalue weighted by Crippen LogP contribution is 2.39. The Hall–Kier alpha value is -2.39. The van der Waals surface area contributed by atoms with Crippen molar-refractivity contribution in [2.45, 2.75) is 25.9 Å². The van der Waals surface area contributed by atoms with E-state index in [4.69, 9.17) is 20.6 Å². The Morgan fingerprint density at radius 1 is 1.46 bits per heavy atom. The number of halogens is 1. The molecule has 0 radical (unpaired) electrons. The lowest BCUT2D eigenvalue weighted by Gasteiger charge is -2.22. The number of carbonyl (C=O) groups excluding carboxylic acids is 2. The molecule has 6 heteroatoms. The van der Waals surface area contributed by atoms with Crippen LogP contribution in [0.2, 0.25) is 0 Å². The predicted octanol–water partition coefficient (Wildman–Crippen LogP) is 1.88. The van der Waals surface area contributed by atoms with E-state index in [1.807, 2.05) is 0 Å². The van der Waals surface area contributed by atoms with Crippen LogP contribution in [-0.2, 0) is 30.2 Å². The van der Waals surface area contributed by atoms with Gasteiger partial charge in [-0.1, -0.05) is 18.1 Å². The van der Waals surface area contributed by atoms with Crippen LogP contribution in [0.4, 0.5) is 4.39 Å². The van der Waals surface area contributed by atoms with Crippen molar-refractivity contribution in [3.8, 4) is 12.3 Å². The molecular weight excluding hydrogens is 315 g/mol. The van der Waals surface area contributed by atoms with Gasteiger partial charge in [0.05, 0.1) is 13.2 Å². The largest absolute Gasteiger partial charge is 0.465 e. The maximum absolute atomic E-state index is 13.1. The number of terminal acetylenes is 1. The summed E-state index contributed by atoms with van der Waals surface area (Å²) in [6, 6.07) is 5.63. The lowest BCUT2D eigenvalue weighted by atomic mass is 9.79. The van der Waals surface area contributed by atoms with E-state index in [1.165, 1.54) is 24.3 Å². The molecule has 0 N–H and O–H groups in total. The second kappa shape index (κ2) is 7.93. The van der Waals surface area contributed by atoms with Gasteiger partial charge in [0.1, 0.15) is 18.5 Å². The number of rotatable bonds is 7. The van der Waals surface area contributed by atoms with Crippen LogP contribution in [0.5, 0.6) is 0 Å². The summed E-state index contributed by atoms with van der Waals surface area (Å²) in [5.74, 6) is 0.638. The molecule has 24 heavy (non-hydrogen) atoms. The zero-order valence-electron chi connectivity index (χ0n) is 13.4. The van der Waals surface area contributed by atoms with Gasteiger partial charge in [0, 0.05) is 6.42 Å². The Balaban J connectivity index is 2.20. The molecule has 0 saturated carbocycles. The van der Waals surface area contributed by atoms with Crippen molar-refractivity contribution < 1.29 is 28.2 Å². The van der Waals surface area contributed by atoms with Crippen LogP contribution in [0.3, 0.4) is 0 Å². The number of hydrogen-bond acceptors (Lipinski definition) is 5. The molecule has 0 aromatic heterocycles. The van der Waals surface area contributed by atoms with Crippen molar-refractivity contribution in [3.05, 3.63) is 35.6 Å². The fourth-order valence-corrected chi connectivity index (χ4v) is 2.72. The van der Waals surface area contributed by atoms with Crippen molar-refractivity contribution >= 4 is 11.9 Å². The van der Waals surface area contributed by atoms with E-state index in [9.17, 15) is 14.0 Å². The molecule has 2 atom stereocenters. The number of esters is 2. The van der Waals surface area contributed by atoms with Crippen molar-refractivity contribution in [2.75, 3.05) is 19.8 Å². The summed E-state index contributed by atoms with van der Waals surface area (Å²) >= 11 is 0. The lowest BCUT2D eigenvalue weighted by Crippen LogP contribution is -2.39. The number of ether oxygens (including phenoxy) is 3. The molecule has 2 unspecified atom stereocenters. The average Bonchev–Trinajstić information content (AvgIpc) is 2.87. The first-order chi connectivity index (χ1) is 11.5. The molecule has 0 spiro atoms. The third kappa shape index (κ3) is 3.92. The van der Waals surface area contributed by atoms with Crippen LogP contribution in [0.1, 0.15) is 18.9 Å². The number of cyclic esters (lactones) is 1. The third-order valence-electron chi connectivity index (χ3n) is 3.82. The molecule has 1 aliphatic heterocycles. The Morgan fingerprint density at radius 2 is 2.17 bits per heavy atom. The quantitative estimate of drug-likeness (QED) is 0.330. The Kier molecular flexibility index (Phi) is 5.93. The van der Waals surface area contributed by atoms with Gasteiger partial charge in [-0.15, -0.1) is 6.42 Å². The first-order valence-electron chi connectivity index (χ1n) is 7.66. The summed E-state index contributed by atoms with van der Waals surface area (Å²) < 4.78 is 28.6. The Bertz CT molecular complexity index is 634. The molecule has 1 aromatic rings. The minimum absolute atomic E-state index is 0.0799. The van der Waals surface area contributed by atoms with E-state index in [1.54, 1.807) is 6.92 Å². The van der Waals surface area contributed by atoms with E-state index in [-0.39, 0.29) is 32.7 Å². The highest BCUT2D eigenvalue weighted by atomic mass is 19.1. The molecule has 128 valence electrons. The fourth-order valence-electron chi connectivity index (χ4n) is 2.72. The van der Waals surface area contributed by atoms with Gasteiger partial charge in [-0.25, -0.2) is 4.39 Å². The van der Waals surface area contributed by atoms with Gasteiger partial charge in [0.25, 0.3) is 0 Å². The molecule has 0 amide bonds. The van der Waals surface area contributed by atoms with Gasteiger partial charge >= 0.3 is 11.9 Å². The number of benzene rings is 1. The minimum Gasteiger partial charge on any atom is -0.465 e. The Labute approximate surface area is 140 Å². The van der Waals surface area contributed by atoms with Gasteiger partial charge in [-0.3, -0.25) is 9.59 Å². The van der Waals surface area contributed by atoms with Gasteiger partial charge in [0.2, 0.25) is 0 Å². The molecule has 1 aromatic carbocycles.